The van der Waals surface area contributed by atoms with E-state index in [4.69, 9.17) is 22.1 Å². The first-order chi connectivity index (χ1) is 13.0. The zero-order valence-corrected chi connectivity index (χ0v) is 16.5. The molecule has 0 aliphatic carbocycles. The van der Waals surface area contributed by atoms with Gasteiger partial charge in [0, 0.05) is 16.3 Å². The van der Waals surface area contributed by atoms with Crippen LogP contribution in [0.5, 0.6) is 5.75 Å². The lowest BCUT2D eigenvalue weighted by atomic mass is 10.2. The zero-order valence-electron chi connectivity index (χ0n) is 14.9. The summed E-state index contributed by atoms with van der Waals surface area (Å²) in [6.45, 7) is 4.27. The van der Waals surface area contributed by atoms with E-state index in [1.54, 1.807) is 13.0 Å². The van der Waals surface area contributed by atoms with Crippen LogP contribution in [-0.4, -0.2) is 32.5 Å². The Morgan fingerprint density at radius 2 is 2.00 bits per heavy atom. The van der Waals surface area contributed by atoms with Gasteiger partial charge < -0.3 is 10.5 Å². The molecule has 0 aliphatic rings. The topological polar surface area (TPSA) is 83.0 Å². The number of carbonyl (C=O) groups is 1. The molecule has 3 rings (SSSR count). The minimum atomic E-state index is -0.442. The van der Waals surface area contributed by atoms with Gasteiger partial charge in [0.1, 0.15) is 5.75 Å². The van der Waals surface area contributed by atoms with Gasteiger partial charge in [-0.2, -0.15) is 0 Å². The van der Waals surface area contributed by atoms with Crippen molar-refractivity contribution in [3.05, 3.63) is 53.6 Å². The van der Waals surface area contributed by atoms with Crippen molar-refractivity contribution in [1.82, 2.24) is 14.8 Å². The summed E-state index contributed by atoms with van der Waals surface area (Å²) in [6, 6.07) is 15.0. The second-order valence-electron chi connectivity index (χ2n) is 5.74. The van der Waals surface area contributed by atoms with Gasteiger partial charge in [-0.1, -0.05) is 35.5 Å². The minimum Gasteiger partial charge on any atom is -0.494 e. The van der Waals surface area contributed by atoms with E-state index in [0.29, 0.717) is 22.6 Å². The van der Waals surface area contributed by atoms with E-state index >= 15 is 0 Å². The van der Waals surface area contributed by atoms with E-state index in [1.807, 2.05) is 54.0 Å². The minimum absolute atomic E-state index is 0.412. The Kier molecular flexibility index (Phi) is 6.03. The fourth-order valence-corrected chi connectivity index (χ4v) is 3.48. The number of primary amides is 1. The normalized spacial score (nSPS) is 12.0. The molecule has 0 radical (unpaired) electrons. The maximum atomic E-state index is 11.5. The van der Waals surface area contributed by atoms with Crippen LogP contribution in [0.4, 0.5) is 0 Å². The Morgan fingerprint density at radius 3 is 2.63 bits per heavy atom. The number of ether oxygens (including phenoxy) is 1. The molecule has 1 heterocycles. The average Bonchev–Trinajstić information content (AvgIpc) is 3.06. The van der Waals surface area contributed by atoms with Crippen molar-refractivity contribution in [2.75, 3.05) is 6.61 Å². The summed E-state index contributed by atoms with van der Waals surface area (Å²) in [6.07, 6.45) is 0. The summed E-state index contributed by atoms with van der Waals surface area (Å²) >= 11 is 7.40. The number of nitrogens with two attached hydrogens (primary N) is 1. The van der Waals surface area contributed by atoms with Crippen molar-refractivity contribution >= 4 is 29.3 Å². The molecule has 1 aromatic heterocycles. The Balaban J connectivity index is 2.09. The SMILES string of the molecule is CCOc1ccc(-n2c(S[C@@H](C)C(N)=O)nnc2-c2cccc(Cl)c2)cc1. The molecule has 1 amide bonds. The Bertz CT molecular complexity index is 943. The largest absolute Gasteiger partial charge is 0.494 e. The molecule has 0 spiro atoms. The van der Waals surface area contributed by atoms with E-state index in [0.717, 1.165) is 17.0 Å². The average molecular weight is 403 g/mol. The maximum absolute atomic E-state index is 11.5. The van der Waals surface area contributed by atoms with E-state index < -0.39 is 11.2 Å². The number of hydrogen-bond donors (Lipinski definition) is 1. The molecule has 2 aromatic carbocycles. The van der Waals surface area contributed by atoms with Crippen LogP contribution in [-0.2, 0) is 4.79 Å². The molecular weight excluding hydrogens is 384 g/mol. The van der Waals surface area contributed by atoms with Crippen molar-refractivity contribution in [1.29, 1.82) is 0 Å². The van der Waals surface area contributed by atoms with Gasteiger partial charge in [0.2, 0.25) is 5.91 Å². The molecule has 0 bridgehead atoms. The number of carbonyl (C=O) groups excluding carboxylic acids is 1. The monoisotopic (exact) mass is 402 g/mol. The van der Waals surface area contributed by atoms with Crippen molar-refractivity contribution in [3.63, 3.8) is 0 Å². The quantitative estimate of drug-likeness (QED) is 0.605. The number of benzene rings is 2. The number of rotatable bonds is 7. The van der Waals surface area contributed by atoms with Crippen molar-refractivity contribution in [2.45, 2.75) is 24.3 Å². The molecule has 0 saturated heterocycles. The third kappa shape index (κ3) is 4.43. The molecule has 2 N–H and O–H groups in total. The standard InChI is InChI=1S/C19H19ClN4O2S/c1-3-26-16-9-7-15(8-10-16)24-18(13-5-4-6-14(20)11-13)22-23-19(24)27-12(2)17(21)25/h4-12H,3H2,1-2H3,(H2,21,25)/t12-/m0/s1. The van der Waals surface area contributed by atoms with Crippen molar-refractivity contribution in [3.8, 4) is 22.8 Å². The van der Waals surface area contributed by atoms with Crippen molar-refractivity contribution in [2.24, 2.45) is 5.73 Å². The molecular formula is C19H19ClN4O2S. The van der Waals surface area contributed by atoms with Crippen LogP contribution in [0.3, 0.4) is 0 Å². The van der Waals surface area contributed by atoms with E-state index in [-0.39, 0.29) is 0 Å². The molecule has 27 heavy (non-hydrogen) atoms. The maximum Gasteiger partial charge on any atom is 0.230 e. The second-order valence-corrected chi connectivity index (χ2v) is 7.49. The predicted octanol–water partition coefficient (Wildman–Crippen LogP) is 3.95. The number of halogens is 1. The van der Waals surface area contributed by atoms with Crippen LogP contribution in [0.2, 0.25) is 5.02 Å². The highest BCUT2D eigenvalue weighted by Crippen LogP contribution is 2.31. The van der Waals surface area contributed by atoms with Crippen LogP contribution in [0.25, 0.3) is 17.1 Å². The molecule has 0 fully saturated rings. The Labute approximate surface area is 166 Å². The van der Waals surface area contributed by atoms with E-state index in [9.17, 15) is 4.79 Å². The number of hydrogen-bond acceptors (Lipinski definition) is 5. The van der Waals surface area contributed by atoms with Gasteiger partial charge in [0.15, 0.2) is 11.0 Å². The van der Waals surface area contributed by atoms with Crippen LogP contribution in [0.1, 0.15) is 13.8 Å². The van der Waals surface area contributed by atoms with E-state index in [2.05, 4.69) is 10.2 Å². The number of thioether (sulfide) groups is 1. The highest BCUT2D eigenvalue weighted by molar-refractivity contribution is 8.00. The summed E-state index contributed by atoms with van der Waals surface area (Å²) in [4.78, 5) is 11.5. The molecule has 1 atom stereocenters. The third-order valence-corrected chi connectivity index (χ3v) is 5.10. The van der Waals surface area contributed by atoms with Gasteiger partial charge in [0.05, 0.1) is 11.9 Å². The molecule has 6 nitrogen and oxygen atoms in total. The lowest BCUT2D eigenvalue weighted by Gasteiger charge is -2.13. The first-order valence-electron chi connectivity index (χ1n) is 8.40. The first-order valence-corrected chi connectivity index (χ1v) is 9.66. The highest BCUT2D eigenvalue weighted by Gasteiger charge is 2.20. The van der Waals surface area contributed by atoms with E-state index in [1.165, 1.54) is 11.8 Å². The molecule has 0 unspecified atom stereocenters. The third-order valence-electron chi connectivity index (χ3n) is 3.80. The van der Waals surface area contributed by atoms with Gasteiger partial charge >= 0.3 is 0 Å². The van der Waals surface area contributed by atoms with Gasteiger partial charge in [0.25, 0.3) is 0 Å². The van der Waals surface area contributed by atoms with Gasteiger partial charge in [-0.25, -0.2) is 0 Å². The smallest absolute Gasteiger partial charge is 0.230 e. The lowest BCUT2D eigenvalue weighted by molar-refractivity contribution is -0.117. The summed E-state index contributed by atoms with van der Waals surface area (Å²) in [7, 11) is 0. The van der Waals surface area contributed by atoms with Crippen LogP contribution in [0, 0.1) is 0 Å². The predicted molar refractivity (Wildman–Crippen MR) is 107 cm³/mol. The highest BCUT2D eigenvalue weighted by atomic mass is 35.5. The summed E-state index contributed by atoms with van der Waals surface area (Å²) < 4.78 is 7.39. The second kappa shape index (κ2) is 8.45. The first kappa shape index (κ1) is 19.3. The molecule has 140 valence electrons. The summed E-state index contributed by atoms with van der Waals surface area (Å²) in [5.74, 6) is 0.990. The summed E-state index contributed by atoms with van der Waals surface area (Å²) in [5, 5.41) is 9.33. The molecule has 8 heteroatoms. The van der Waals surface area contributed by atoms with Crippen molar-refractivity contribution < 1.29 is 9.53 Å². The fourth-order valence-electron chi connectivity index (χ4n) is 2.47. The molecule has 0 saturated carbocycles. The molecule has 3 aromatic rings. The van der Waals surface area contributed by atoms with Crippen LogP contribution >= 0.6 is 23.4 Å². The van der Waals surface area contributed by atoms with Gasteiger partial charge in [-0.15, -0.1) is 10.2 Å². The number of nitrogens with zero attached hydrogens (tertiary/aromatic N) is 3. The number of amides is 1. The summed E-state index contributed by atoms with van der Waals surface area (Å²) in [5.41, 5.74) is 7.08. The Morgan fingerprint density at radius 1 is 1.26 bits per heavy atom. The van der Waals surface area contributed by atoms with Gasteiger partial charge in [-0.3, -0.25) is 9.36 Å². The van der Waals surface area contributed by atoms with Crippen LogP contribution < -0.4 is 10.5 Å². The Hall–Kier alpha value is -2.51. The fraction of sp³-hybridized carbons (Fsp3) is 0.211. The lowest BCUT2D eigenvalue weighted by Crippen LogP contribution is -2.23. The zero-order chi connectivity index (χ0) is 19.4. The number of aromatic nitrogens is 3. The van der Waals surface area contributed by atoms with Gasteiger partial charge in [-0.05, 0) is 50.2 Å². The molecule has 0 aliphatic heterocycles. The van der Waals surface area contributed by atoms with Crippen LogP contribution in [0.15, 0.2) is 53.7 Å².